The van der Waals surface area contributed by atoms with Crippen molar-refractivity contribution in [2.75, 3.05) is 6.61 Å². The normalized spacial score (nSPS) is 22.3. The Balaban J connectivity index is 2.72. The molecule has 2 nitrogen and oxygen atoms in total. The van der Waals surface area contributed by atoms with Crippen LogP contribution in [0.15, 0.2) is 36.3 Å². The second-order valence-corrected chi connectivity index (χ2v) is 3.27. The minimum Gasteiger partial charge on any atom is -0.490 e. The molecule has 0 spiro atoms. The summed E-state index contributed by atoms with van der Waals surface area (Å²) in [6, 6.07) is 0. The van der Waals surface area contributed by atoms with Crippen LogP contribution in [-0.4, -0.2) is 12.7 Å². The molecule has 0 N–H and O–H groups in total. The van der Waals surface area contributed by atoms with Gasteiger partial charge in [-0.15, -0.1) is 0 Å². The fraction of sp³-hybridized carbons (Fsp3) is 0.500. The van der Waals surface area contributed by atoms with E-state index < -0.39 is 0 Å². The van der Waals surface area contributed by atoms with Crippen molar-refractivity contribution >= 4 is 0 Å². The van der Waals surface area contributed by atoms with Crippen molar-refractivity contribution in [3.63, 3.8) is 0 Å². The van der Waals surface area contributed by atoms with E-state index in [2.05, 4.69) is 19.6 Å². The molecule has 1 aliphatic heterocycles. The SMILES string of the molecule is C=C/C=C(/OCC)C1=CCCC(C)O1. The molecule has 1 aliphatic rings. The standard InChI is InChI=1S/C12H18O2/c1-4-7-11(13-5-2)12-9-6-8-10(3)14-12/h4,7,9-10H,1,5-6,8H2,2-3H3/b11-7+. The van der Waals surface area contributed by atoms with E-state index in [1.54, 1.807) is 6.08 Å². The zero-order chi connectivity index (χ0) is 10.4. The Bertz CT molecular complexity index is 251. The van der Waals surface area contributed by atoms with Crippen LogP contribution in [-0.2, 0) is 9.47 Å². The summed E-state index contributed by atoms with van der Waals surface area (Å²) in [4.78, 5) is 0. The topological polar surface area (TPSA) is 18.5 Å². The molecule has 0 radical (unpaired) electrons. The summed E-state index contributed by atoms with van der Waals surface area (Å²) in [7, 11) is 0. The summed E-state index contributed by atoms with van der Waals surface area (Å²) < 4.78 is 11.1. The van der Waals surface area contributed by atoms with Crippen LogP contribution < -0.4 is 0 Å². The van der Waals surface area contributed by atoms with E-state index in [1.165, 1.54) is 0 Å². The van der Waals surface area contributed by atoms with Gasteiger partial charge >= 0.3 is 0 Å². The monoisotopic (exact) mass is 194 g/mol. The lowest BCUT2D eigenvalue weighted by molar-refractivity contribution is 0.0893. The fourth-order valence-electron chi connectivity index (χ4n) is 1.40. The maximum absolute atomic E-state index is 5.67. The number of allylic oxidation sites excluding steroid dienone is 3. The van der Waals surface area contributed by atoms with Gasteiger partial charge in [-0.2, -0.15) is 0 Å². The van der Waals surface area contributed by atoms with Crippen molar-refractivity contribution in [1.82, 2.24) is 0 Å². The number of ether oxygens (including phenoxy) is 2. The van der Waals surface area contributed by atoms with Gasteiger partial charge in [0.2, 0.25) is 0 Å². The maximum atomic E-state index is 5.67. The second-order valence-electron chi connectivity index (χ2n) is 3.27. The minimum atomic E-state index is 0.281. The highest BCUT2D eigenvalue weighted by atomic mass is 16.5. The van der Waals surface area contributed by atoms with E-state index in [0.717, 1.165) is 24.4 Å². The largest absolute Gasteiger partial charge is 0.490 e. The molecule has 0 bridgehead atoms. The zero-order valence-corrected chi connectivity index (χ0v) is 8.95. The molecule has 1 heterocycles. The molecular weight excluding hydrogens is 176 g/mol. The summed E-state index contributed by atoms with van der Waals surface area (Å²) in [5.74, 6) is 1.64. The highest BCUT2D eigenvalue weighted by Gasteiger charge is 2.15. The summed E-state index contributed by atoms with van der Waals surface area (Å²) in [6.07, 6.45) is 8.05. The Morgan fingerprint density at radius 3 is 3.14 bits per heavy atom. The average Bonchev–Trinajstić information content (AvgIpc) is 2.17. The molecule has 0 saturated carbocycles. The first-order valence-electron chi connectivity index (χ1n) is 5.10. The van der Waals surface area contributed by atoms with E-state index >= 15 is 0 Å². The first kappa shape index (κ1) is 10.9. The summed E-state index contributed by atoms with van der Waals surface area (Å²) in [5.41, 5.74) is 0. The molecule has 1 unspecified atom stereocenters. The Hall–Kier alpha value is -1.18. The zero-order valence-electron chi connectivity index (χ0n) is 8.95. The van der Waals surface area contributed by atoms with Crippen LogP contribution in [0.2, 0.25) is 0 Å². The van der Waals surface area contributed by atoms with Crippen molar-refractivity contribution in [1.29, 1.82) is 0 Å². The smallest absolute Gasteiger partial charge is 0.160 e. The Labute approximate surface area is 85.9 Å². The van der Waals surface area contributed by atoms with Gasteiger partial charge in [-0.3, -0.25) is 0 Å². The summed E-state index contributed by atoms with van der Waals surface area (Å²) >= 11 is 0. The number of hydrogen-bond donors (Lipinski definition) is 0. The van der Waals surface area contributed by atoms with Crippen molar-refractivity contribution < 1.29 is 9.47 Å². The first-order chi connectivity index (χ1) is 6.77. The molecule has 78 valence electrons. The second kappa shape index (κ2) is 5.53. The van der Waals surface area contributed by atoms with Gasteiger partial charge in [0.1, 0.15) is 0 Å². The third-order valence-corrected chi connectivity index (χ3v) is 2.04. The molecular formula is C12H18O2. The van der Waals surface area contributed by atoms with E-state index in [0.29, 0.717) is 6.61 Å². The number of hydrogen-bond acceptors (Lipinski definition) is 2. The van der Waals surface area contributed by atoms with Gasteiger partial charge in [0.05, 0.1) is 12.7 Å². The van der Waals surface area contributed by atoms with E-state index in [9.17, 15) is 0 Å². The third-order valence-electron chi connectivity index (χ3n) is 2.04. The van der Waals surface area contributed by atoms with E-state index in [4.69, 9.17) is 9.47 Å². The van der Waals surface area contributed by atoms with Gasteiger partial charge < -0.3 is 9.47 Å². The quantitative estimate of drug-likeness (QED) is 0.505. The lowest BCUT2D eigenvalue weighted by Gasteiger charge is -2.22. The van der Waals surface area contributed by atoms with Gasteiger partial charge in [0, 0.05) is 0 Å². The fourth-order valence-corrected chi connectivity index (χ4v) is 1.40. The van der Waals surface area contributed by atoms with Crippen molar-refractivity contribution in [2.45, 2.75) is 32.8 Å². The van der Waals surface area contributed by atoms with Crippen molar-refractivity contribution in [2.24, 2.45) is 0 Å². The van der Waals surface area contributed by atoms with Gasteiger partial charge in [-0.1, -0.05) is 12.7 Å². The molecule has 0 aromatic heterocycles. The van der Waals surface area contributed by atoms with Crippen LogP contribution in [0, 0.1) is 0 Å². The third kappa shape index (κ3) is 2.95. The molecule has 0 aromatic rings. The highest BCUT2D eigenvalue weighted by molar-refractivity contribution is 5.25. The van der Waals surface area contributed by atoms with Crippen molar-refractivity contribution in [3.05, 3.63) is 36.3 Å². The molecule has 0 aliphatic carbocycles. The molecule has 0 aromatic carbocycles. The van der Waals surface area contributed by atoms with Gasteiger partial charge in [0.25, 0.3) is 0 Å². The molecule has 0 saturated heterocycles. The van der Waals surface area contributed by atoms with Crippen molar-refractivity contribution in [3.8, 4) is 0 Å². The maximum Gasteiger partial charge on any atom is 0.160 e. The molecule has 14 heavy (non-hydrogen) atoms. The molecule has 0 fully saturated rings. The Kier molecular flexibility index (Phi) is 4.30. The van der Waals surface area contributed by atoms with Gasteiger partial charge in [-0.05, 0) is 38.8 Å². The van der Waals surface area contributed by atoms with Crippen LogP contribution in [0.3, 0.4) is 0 Å². The Morgan fingerprint density at radius 1 is 1.79 bits per heavy atom. The van der Waals surface area contributed by atoms with E-state index in [1.807, 2.05) is 13.0 Å². The average molecular weight is 194 g/mol. The van der Waals surface area contributed by atoms with Crippen LogP contribution in [0.25, 0.3) is 0 Å². The molecule has 1 rings (SSSR count). The van der Waals surface area contributed by atoms with Gasteiger partial charge in [-0.25, -0.2) is 0 Å². The predicted octanol–water partition coefficient (Wildman–Crippen LogP) is 3.18. The lowest BCUT2D eigenvalue weighted by atomic mass is 10.1. The first-order valence-corrected chi connectivity index (χ1v) is 5.10. The predicted molar refractivity (Wildman–Crippen MR) is 57.8 cm³/mol. The molecule has 2 heteroatoms. The minimum absolute atomic E-state index is 0.281. The highest BCUT2D eigenvalue weighted by Crippen LogP contribution is 2.23. The van der Waals surface area contributed by atoms with Crippen LogP contribution in [0.4, 0.5) is 0 Å². The van der Waals surface area contributed by atoms with Gasteiger partial charge in [0.15, 0.2) is 11.5 Å². The molecule has 0 amide bonds. The summed E-state index contributed by atoms with van der Waals surface area (Å²) in [6.45, 7) is 8.34. The Morgan fingerprint density at radius 2 is 2.57 bits per heavy atom. The van der Waals surface area contributed by atoms with E-state index in [-0.39, 0.29) is 6.10 Å². The lowest BCUT2D eigenvalue weighted by Crippen LogP contribution is -2.14. The summed E-state index contributed by atoms with van der Waals surface area (Å²) in [5, 5.41) is 0. The van der Waals surface area contributed by atoms with Crippen LogP contribution in [0.5, 0.6) is 0 Å². The van der Waals surface area contributed by atoms with Crippen LogP contribution in [0.1, 0.15) is 26.7 Å². The molecule has 1 atom stereocenters. The van der Waals surface area contributed by atoms with Crippen LogP contribution >= 0.6 is 0 Å². The number of rotatable bonds is 4.